The lowest BCUT2D eigenvalue weighted by atomic mass is 10.2. The van der Waals surface area contributed by atoms with Crippen LogP contribution >= 0.6 is 11.6 Å². The van der Waals surface area contributed by atoms with Crippen molar-refractivity contribution >= 4 is 29.1 Å². The lowest BCUT2D eigenvalue weighted by Gasteiger charge is -2.07. The van der Waals surface area contributed by atoms with Gasteiger partial charge in [-0.15, -0.1) is 0 Å². The van der Waals surface area contributed by atoms with E-state index in [1.165, 1.54) is 0 Å². The fourth-order valence-corrected chi connectivity index (χ4v) is 2.87. The molecule has 0 radical (unpaired) electrons. The molecule has 28 heavy (non-hydrogen) atoms. The van der Waals surface area contributed by atoms with Crippen molar-refractivity contribution in [2.45, 2.75) is 26.3 Å². The molecule has 1 aromatic heterocycles. The number of carbonyl (C=O) groups excluding carboxylic acids is 2. The van der Waals surface area contributed by atoms with Crippen molar-refractivity contribution in [2.24, 2.45) is 0 Å². The van der Waals surface area contributed by atoms with Gasteiger partial charge >= 0.3 is 0 Å². The number of hydrogen-bond donors (Lipinski definition) is 2. The van der Waals surface area contributed by atoms with E-state index in [0.717, 1.165) is 17.7 Å². The van der Waals surface area contributed by atoms with Crippen molar-refractivity contribution in [3.63, 3.8) is 0 Å². The first kappa shape index (κ1) is 19.6. The molecule has 2 N–H and O–H groups in total. The predicted molar refractivity (Wildman–Crippen MR) is 110 cm³/mol. The first-order valence-corrected chi connectivity index (χ1v) is 9.42. The van der Waals surface area contributed by atoms with Crippen molar-refractivity contribution in [3.05, 3.63) is 77.1 Å². The number of aromatic nitrogens is 2. The van der Waals surface area contributed by atoms with E-state index < -0.39 is 0 Å². The number of nitrogens with zero attached hydrogens (tertiary/aromatic N) is 2. The molecule has 0 fully saturated rings. The van der Waals surface area contributed by atoms with Crippen molar-refractivity contribution < 1.29 is 9.59 Å². The highest BCUT2D eigenvalue weighted by Gasteiger charge is 2.11. The topological polar surface area (TPSA) is 76.0 Å². The quantitative estimate of drug-likeness (QED) is 0.628. The first-order valence-electron chi connectivity index (χ1n) is 9.04. The van der Waals surface area contributed by atoms with Crippen LogP contribution < -0.4 is 10.6 Å². The van der Waals surface area contributed by atoms with Crippen LogP contribution in [0.4, 0.5) is 5.69 Å². The van der Waals surface area contributed by atoms with Crippen LogP contribution in [0.25, 0.3) is 5.69 Å². The van der Waals surface area contributed by atoms with E-state index >= 15 is 0 Å². The Morgan fingerprint density at radius 3 is 2.54 bits per heavy atom. The van der Waals surface area contributed by atoms with Gasteiger partial charge in [0, 0.05) is 24.8 Å². The van der Waals surface area contributed by atoms with Crippen LogP contribution in [0.2, 0.25) is 5.02 Å². The maximum atomic E-state index is 12.4. The van der Waals surface area contributed by atoms with Gasteiger partial charge in [-0.25, -0.2) is 4.68 Å². The highest BCUT2D eigenvalue weighted by atomic mass is 35.5. The maximum Gasteiger partial charge on any atom is 0.272 e. The number of carbonyl (C=O) groups is 2. The number of halogens is 1. The third kappa shape index (κ3) is 4.98. The second-order valence-electron chi connectivity index (χ2n) is 6.27. The van der Waals surface area contributed by atoms with Gasteiger partial charge in [-0.05, 0) is 42.3 Å². The summed E-state index contributed by atoms with van der Waals surface area (Å²) in [7, 11) is 0. The molecule has 2 amide bonds. The first-order chi connectivity index (χ1) is 13.6. The molecule has 2 aromatic carbocycles. The number of amides is 2. The molecular weight excluding hydrogens is 376 g/mol. The molecule has 6 nitrogen and oxygen atoms in total. The highest BCUT2D eigenvalue weighted by molar-refractivity contribution is 6.32. The highest BCUT2D eigenvalue weighted by Crippen LogP contribution is 2.19. The minimum Gasteiger partial charge on any atom is -0.347 e. The summed E-state index contributed by atoms with van der Waals surface area (Å²) in [6, 6.07) is 16.3. The van der Waals surface area contributed by atoms with Crippen molar-refractivity contribution in [3.8, 4) is 5.69 Å². The molecular formula is C21H21ClN4O2. The number of hydrogen-bond acceptors (Lipinski definition) is 3. The van der Waals surface area contributed by atoms with E-state index in [2.05, 4.69) is 15.7 Å². The van der Waals surface area contributed by atoms with E-state index in [1.54, 1.807) is 23.0 Å². The Labute approximate surface area is 168 Å². The molecule has 0 aliphatic carbocycles. The van der Waals surface area contributed by atoms with Gasteiger partial charge in [-0.1, -0.05) is 42.8 Å². The van der Waals surface area contributed by atoms with Crippen LogP contribution in [0, 0.1) is 0 Å². The van der Waals surface area contributed by atoms with E-state index in [9.17, 15) is 9.59 Å². The standard InChI is InChI=1S/C21H21ClN4O2/c1-2-5-20(27)24-16-10-8-15(9-11-16)14-23-21(28)18-12-13-26(25-18)19-7-4-3-6-17(19)22/h3-4,6-13H,2,5,14H2,1H3,(H,23,28)(H,24,27). The molecule has 0 aliphatic rings. The summed E-state index contributed by atoms with van der Waals surface area (Å²) >= 11 is 6.16. The summed E-state index contributed by atoms with van der Waals surface area (Å²) in [5.41, 5.74) is 2.69. The van der Waals surface area contributed by atoms with Gasteiger partial charge in [-0.3, -0.25) is 9.59 Å². The fourth-order valence-electron chi connectivity index (χ4n) is 2.65. The molecule has 0 bridgehead atoms. The predicted octanol–water partition coefficient (Wildman–Crippen LogP) is 4.19. The van der Waals surface area contributed by atoms with Gasteiger partial charge in [0.25, 0.3) is 5.91 Å². The lowest BCUT2D eigenvalue weighted by Crippen LogP contribution is -2.23. The van der Waals surface area contributed by atoms with E-state index in [0.29, 0.717) is 29.4 Å². The Morgan fingerprint density at radius 1 is 1.07 bits per heavy atom. The Kier molecular flexibility index (Phi) is 6.45. The summed E-state index contributed by atoms with van der Waals surface area (Å²) in [6.45, 7) is 2.32. The minimum atomic E-state index is -0.272. The zero-order valence-electron chi connectivity index (χ0n) is 15.5. The van der Waals surface area contributed by atoms with E-state index in [1.807, 2.05) is 49.4 Å². The normalized spacial score (nSPS) is 10.5. The summed E-state index contributed by atoms with van der Waals surface area (Å²) in [6.07, 6.45) is 3.00. The second-order valence-corrected chi connectivity index (χ2v) is 6.68. The SMILES string of the molecule is CCCC(=O)Nc1ccc(CNC(=O)c2ccn(-c3ccccc3Cl)n2)cc1. The summed E-state index contributed by atoms with van der Waals surface area (Å²) in [4.78, 5) is 24.0. The largest absolute Gasteiger partial charge is 0.347 e. The van der Waals surface area contributed by atoms with Crippen LogP contribution in [0.5, 0.6) is 0 Å². The van der Waals surface area contributed by atoms with Gasteiger partial charge in [0.1, 0.15) is 0 Å². The van der Waals surface area contributed by atoms with Crippen LogP contribution in [-0.4, -0.2) is 21.6 Å². The van der Waals surface area contributed by atoms with Gasteiger partial charge in [0.05, 0.1) is 10.7 Å². The van der Waals surface area contributed by atoms with Crippen LogP contribution in [0.15, 0.2) is 60.8 Å². The van der Waals surface area contributed by atoms with Crippen LogP contribution in [-0.2, 0) is 11.3 Å². The molecule has 0 unspecified atom stereocenters. The third-order valence-electron chi connectivity index (χ3n) is 4.09. The number of benzene rings is 2. The molecule has 0 aliphatic heterocycles. The number of nitrogens with one attached hydrogen (secondary N) is 2. The van der Waals surface area contributed by atoms with Crippen molar-refractivity contribution in [1.82, 2.24) is 15.1 Å². The molecule has 0 saturated heterocycles. The lowest BCUT2D eigenvalue weighted by molar-refractivity contribution is -0.116. The number of rotatable bonds is 7. The van der Waals surface area contributed by atoms with Gasteiger partial charge in [0.15, 0.2) is 5.69 Å². The van der Waals surface area contributed by atoms with Gasteiger partial charge < -0.3 is 10.6 Å². The molecule has 0 spiro atoms. The zero-order chi connectivity index (χ0) is 19.9. The Hall–Kier alpha value is -3.12. The monoisotopic (exact) mass is 396 g/mol. The zero-order valence-corrected chi connectivity index (χ0v) is 16.2. The van der Waals surface area contributed by atoms with Crippen molar-refractivity contribution in [2.75, 3.05) is 5.32 Å². The molecule has 3 aromatic rings. The molecule has 1 heterocycles. The van der Waals surface area contributed by atoms with Crippen molar-refractivity contribution in [1.29, 1.82) is 0 Å². The summed E-state index contributed by atoms with van der Waals surface area (Å²) < 4.78 is 1.57. The maximum absolute atomic E-state index is 12.4. The van der Waals surface area contributed by atoms with Gasteiger partial charge in [-0.2, -0.15) is 5.10 Å². The van der Waals surface area contributed by atoms with Crippen LogP contribution in [0.3, 0.4) is 0 Å². The molecule has 0 atom stereocenters. The molecule has 3 rings (SSSR count). The van der Waals surface area contributed by atoms with E-state index in [-0.39, 0.29) is 11.8 Å². The molecule has 144 valence electrons. The Balaban J connectivity index is 1.57. The average Bonchev–Trinajstić information content (AvgIpc) is 3.18. The third-order valence-corrected chi connectivity index (χ3v) is 4.41. The van der Waals surface area contributed by atoms with Gasteiger partial charge in [0.2, 0.25) is 5.91 Å². The Bertz CT molecular complexity index is 967. The summed E-state index contributed by atoms with van der Waals surface area (Å²) in [5.74, 6) is -0.274. The van der Waals surface area contributed by atoms with E-state index in [4.69, 9.17) is 11.6 Å². The summed E-state index contributed by atoms with van der Waals surface area (Å²) in [5, 5.41) is 10.5. The molecule has 7 heteroatoms. The average molecular weight is 397 g/mol. The number of para-hydroxylation sites is 1. The second kappa shape index (κ2) is 9.19. The number of anilines is 1. The Morgan fingerprint density at radius 2 is 1.82 bits per heavy atom. The smallest absolute Gasteiger partial charge is 0.272 e. The minimum absolute atomic E-state index is 0.00217. The fraction of sp³-hybridized carbons (Fsp3) is 0.190. The molecule has 0 saturated carbocycles. The van der Waals surface area contributed by atoms with Crippen LogP contribution in [0.1, 0.15) is 35.8 Å².